The monoisotopic (exact) mass is 377 g/mol. The number of aromatic nitrogens is 1. The van der Waals surface area contributed by atoms with Gasteiger partial charge in [0.05, 0.1) is 6.20 Å². The maximum Gasteiger partial charge on any atom is 0.223 e. The largest absolute Gasteiger partial charge is 0.441 e. The Balaban J connectivity index is 1.59. The fraction of sp³-hybridized carbons (Fsp3) is 0.412. The summed E-state index contributed by atoms with van der Waals surface area (Å²) in [4.78, 5) is 18.5. The molecule has 1 aromatic heterocycles. The number of amides is 1. The molecule has 122 valence electrons. The molecule has 2 aromatic rings. The zero-order valence-electron chi connectivity index (χ0n) is 12.9. The molecule has 0 bridgehead atoms. The number of hydrogen-bond donors (Lipinski definition) is 1. The molecule has 0 unspecified atom stereocenters. The summed E-state index contributed by atoms with van der Waals surface area (Å²) in [6.07, 6.45) is 3.70. The van der Waals surface area contributed by atoms with Crippen molar-refractivity contribution in [2.45, 2.75) is 19.3 Å². The van der Waals surface area contributed by atoms with Crippen molar-refractivity contribution < 1.29 is 9.21 Å². The van der Waals surface area contributed by atoms with Gasteiger partial charge in [0.25, 0.3) is 0 Å². The molecule has 1 N–H and O–H groups in total. The molecule has 0 saturated carbocycles. The van der Waals surface area contributed by atoms with Gasteiger partial charge in [-0.2, -0.15) is 0 Å². The van der Waals surface area contributed by atoms with Crippen LogP contribution in [0, 0.1) is 0 Å². The Hall–Kier alpha value is -1.66. The molecule has 6 heteroatoms. The number of nitrogens with one attached hydrogen (secondary N) is 1. The third-order valence-electron chi connectivity index (χ3n) is 3.94. The van der Waals surface area contributed by atoms with Crippen LogP contribution in [0.3, 0.4) is 0 Å². The molecule has 1 aliphatic heterocycles. The maximum atomic E-state index is 12.3. The van der Waals surface area contributed by atoms with E-state index in [9.17, 15) is 4.79 Å². The van der Waals surface area contributed by atoms with Gasteiger partial charge in [-0.15, -0.1) is 0 Å². The van der Waals surface area contributed by atoms with E-state index >= 15 is 0 Å². The van der Waals surface area contributed by atoms with Crippen molar-refractivity contribution in [1.82, 2.24) is 15.2 Å². The number of nitrogens with zero attached hydrogens (tertiary/aromatic N) is 2. The highest BCUT2D eigenvalue weighted by Gasteiger charge is 2.16. The molecule has 0 radical (unpaired) electrons. The smallest absolute Gasteiger partial charge is 0.223 e. The van der Waals surface area contributed by atoms with Gasteiger partial charge in [0.15, 0.2) is 11.7 Å². The average Bonchev–Trinajstić information content (AvgIpc) is 2.86. The van der Waals surface area contributed by atoms with Crippen molar-refractivity contribution >= 4 is 21.8 Å². The lowest BCUT2D eigenvalue weighted by molar-refractivity contribution is -0.131. The van der Waals surface area contributed by atoms with E-state index in [1.807, 2.05) is 29.2 Å². The van der Waals surface area contributed by atoms with E-state index < -0.39 is 0 Å². The second-order valence-electron chi connectivity index (χ2n) is 5.58. The third-order valence-corrected chi connectivity index (χ3v) is 4.63. The quantitative estimate of drug-likeness (QED) is 0.889. The summed E-state index contributed by atoms with van der Waals surface area (Å²) < 4.78 is 6.76. The lowest BCUT2D eigenvalue weighted by Gasteiger charge is -2.19. The summed E-state index contributed by atoms with van der Waals surface area (Å²) in [6, 6.07) is 7.86. The Morgan fingerprint density at radius 2 is 2.17 bits per heavy atom. The van der Waals surface area contributed by atoms with Crippen LogP contribution in [0.2, 0.25) is 0 Å². The van der Waals surface area contributed by atoms with Crippen molar-refractivity contribution in [2.75, 3.05) is 26.2 Å². The van der Waals surface area contributed by atoms with E-state index in [2.05, 4.69) is 26.2 Å². The summed E-state index contributed by atoms with van der Waals surface area (Å²) in [6.45, 7) is 3.47. The van der Waals surface area contributed by atoms with Gasteiger partial charge >= 0.3 is 0 Å². The van der Waals surface area contributed by atoms with Gasteiger partial charge in [-0.25, -0.2) is 4.98 Å². The molecule has 3 rings (SSSR count). The fourth-order valence-corrected chi connectivity index (χ4v) is 3.16. The molecule has 0 spiro atoms. The molecule has 1 aromatic carbocycles. The molecular weight excluding hydrogens is 358 g/mol. The van der Waals surface area contributed by atoms with E-state index in [4.69, 9.17) is 4.42 Å². The molecule has 0 aliphatic carbocycles. The highest BCUT2D eigenvalue weighted by Crippen LogP contribution is 2.28. The second-order valence-corrected chi connectivity index (χ2v) is 6.44. The second kappa shape index (κ2) is 7.75. The first-order valence-electron chi connectivity index (χ1n) is 7.92. The number of carbonyl (C=O) groups excluding carboxylic acids is 1. The number of hydrogen-bond acceptors (Lipinski definition) is 4. The number of rotatable bonds is 4. The van der Waals surface area contributed by atoms with E-state index in [0.29, 0.717) is 18.7 Å². The highest BCUT2D eigenvalue weighted by atomic mass is 79.9. The first kappa shape index (κ1) is 16.2. The van der Waals surface area contributed by atoms with Crippen molar-refractivity contribution in [2.24, 2.45) is 0 Å². The van der Waals surface area contributed by atoms with Gasteiger partial charge in [0.1, 0.15) is 0 Å². The van der Waals surface area contributed by atoms with E-state index in [0.717, 1.165) is 48.4 Å². The Morgan fingerprint density at radius 1 is 1.30 bits per heavy atom. The summed E-state index contributed by atoms with van der Waals surface area (Å²) >= 11 is 3.51. The molecule has 1 fully saturated rings. The third kappa shape index (κ3) is 4.20. The summed E-state index contributed by atoms with van der Waals surface area (Å²) in [5.74, 6) is 1.50. The average molecular weight is 378 g/mol. The van der Waals surface area contributed by atoms with E-state index in [-0.39, 0.29) is 5.91 Å². The molecule has 1 amide bonds. The summed E-state index contributed by atoms with van der Waals surface area (Å²) in [7, 11) is 0. The molecule has 1 saturated heterocycles. The van der Waals surface area contributed by atoms with Crippen molar-refractivity contribution in [3.05, 3.63) is 40.8 Å². The van der Waals surface area contributed by atoms with Crippen LogP contribution in [0.25, 0.3) is 11.3 Å². The highest BCUT2D eigenvalue weighted by molar-refractivity contribution is 9.10. The Kier molecular flexibility index (Phi) is 5.46. The zero-order valence-corrected chi connectivity index (χ0v) is 14.5. The van der Waals surface area contributed by atoms with Gasteiger partial charge < -0.3 is 14.6 Å². The van der Waals surface area contributed by atoms with Crippen LogP contribution in [0.1, 0.15) is 18.7 Å². The van der Waals surface area contributed by atoms with E-state index in [1.165, 1.54) is 0 Å². The van der Waals surface area contributed by atoms with Gasteiger partial charge in [-0.05, 0) is 19.0 Å². The minimum atomic E-state index is 0.175. The fourth-order valence-electron chi connectivity index (χ4n) is 2.68. The molecule has 0 atom stereocenters. The molecule has 2 heterocycles. The summed E-state index contributed by atoms with van der Waals surface area (Å²) in [5.41, 5.74) is 0.969. The molecular formula is C17H20BrN3O2. The molecule has 23 heavy (non-hydrogen) atoms. The standard InChI is InChI=1S/C17H20BrN3O2/c18-14-5-2-1-4-13(14)15-12-20-16(23-15)6-7-17(22)21-10-3-8-19-9-11-21/h1-2,4-5,12,19H,3,6-11H2. The van der Waals surface area contributed by atoms with Crippen LogP contribution in [0.4, 0.5) is 0 Å². The van der Waals surface area contributed by atoms with Crippen LogP contribution < -0.4 is 5.32 Å². The number of aryl methyl sites for hydroxylation is 1. The predicted octanol–water partition coefficient (Wildman–Crippen LogP) is 2.86. The predicted molar refractivity (Wildman–Crippen MR) is 92.0 cm³/mol. The maximum absolute atomic E-state index is 12.3. The number of carbonyl (C=O) groups is 1. The normalized spacial score (nSPS) is 15.4. The van der Waals surface area contributed by atoms with Crippen LogP contribution in [-0.4, -0.2) is 42.0 Å². The summed E-state index contributed by atoms with van der Waals surface area (Å²) in [5, 5.41) is 3.30. The Morgan fingerprint density at radius 3 is 3.04 bits per heavy atom. The van der Waals surface area contributed by atoms with E-state index in [1.54, 1.807) is 6.20 Å². The van der Waals surface area contributed by atoms with Gasteiger partial charge in [0.2, 0.25) is 5.91 Å². The number of oxazole rings is 1. The lowest BCUT2D eigenvalue weighted by Crippen LogP contribution is -2.34. The minimum Gasteiger partial charge on any atom is -0.441 e. The lowest BCUT2D eigenvalue weighted by atomic mass is 10.2. The Bertz CT molecular complexity index is 663. The SMILES string of the molecule is O=C(CCc1ncc(-c2ccccc2Br)o1)N1CCCNCC1. The van der Waals surface area contributed by atoms with Gasteiger partial charge in [-0.3, -0.25) is 4.79 Å². The molecule has 1 aliphatic rings. The number of benzene rings is 1. The van der Waals surface area contributed by atoms with Crippen LogP contribution in [0.5, 0.6) is 0 Å². The van der Waals surface area contributed by atoms with Crippen LogP contribution >= 0.6 is 15.9 Å². The Labute approximate surface area is 144 Å². The van der Waals surface area contributed by atoms with Crippen molar-refractivity contribution in [1.29, 1.82) is 0 Å². The topological polar surface area (TPSA) is 58.4 Å². The first-order valence-corrected chi connectivity index (χ1v) is 8.71. The van der Waals surface area contributed by atoms with Gasteiger partial charge in [0, 0.05) is 42.5 Å². The van der Waals surface area contributed by atoms with Crippen molar-refractivity contribution in [3.8, 4) is 11.3 Å². The first-order chi connectivity index (χ1) is 11.2. The van der Waals surface area contributed by atoms with Crippen LogP contribution in [0.15, 0.2) is 39.4 Å². The minimum absolute atomic E-state index is 0.175. The van der Waals surface area contributed by atoms with Gasteiger partial charge in [-0.1, -0.05) is 34.1 Å². The zero-order chi connectivity index (χ0) is 16.1. The van der Waals surface area contributed by atoms with Crippen molar-refractivity contribution in [3.63, 3.8) is 0 Å². The number of halogens is 1. The van der Waals surface area contributed by atoms with Crippen LogP contribution in [-0.2, 0) is 11.2 Å². The molecule has 5 nitrogen and oxygen atoms in total.